The minimum Gasteiger partial charge on any atom is -0.322 e. The van der Waals surface area contributed by atoms with E-state index < -0.39 is 0 Å². The van der Waals surface area contributed by atoms with Crippen molar-refractivity contribution in [1.29, 1.82) is 0 Å². The highest BCUT2D eigenvalue weighted by molar-refractivity contribution is 7.98. The van der Waals surface area contributed by atoms with Crippen molar-refractivity contribution in [2.75, 3.05) is 12.0 Å². The quantitative estimate of drug-likeness (QED) is 0.793. The van der Waals surface area contributed by atoms with E-state index in [1.165, 1.54) is 0 Å². The lowest BCUT2D eigenvalue weighted by atomic mass is 10.2. The molecule has 0 aliphatic rings. The fourth-order valence-electron chi connectivity index (χ4n) is 1.31. The van der Waals surface area contributed by atoms with Crippen LogP contribution in [0.15, 0.2) is 0 Å². The Bertz CT molecular complexity index is 272. The van der Waals surface area contributed by atoms with Crippen LogP contribution in [0, 0.1) is 0 Å². The van der Waals surface area contributed by atoms with E-state index in [2.05, 4.69) is 28.7 Å². The molecule has 14 heavy (non-hydrogen) atoms. The monoisotopic (exact) mass is 215 g/mol. The molecule has 1 aromatic rings. The maximum atomic E-state index is 5.78. The van der Waals surface area contributed by atoms with Gasteiger partial charge in [0.15, 0.2) is 5.82 Å². The Morgan fingerprint density at radius 2 is 2.29 bits per heavy atom. The van der Waals surface area contributed by atoms with Crippen LogP contribution in [0.5, 0.6) is 0 Å². The van der Waals surface area contributed by atoms with E-state index in [-0.39, 0.29) is 6.04 Å². The molecule has 80 valence electrons. The molecule has 0 aliphatic carbocycles. The largest absolute Gasteiger partial charge is 0.322 e. The third-order valence-electron chi connectivity index (χ3n) is 2.10. The molecular weight excluding hydrogens is 198 g/mol. The standard InChI is InChI=1S/C8H17N5S/c1-4-7(5-14-3)13-8(6(2)9)10-11-12-13/h6-7H,4-5,9H2,1-3H3. The van der Waals surface area contributed by atoms with Crippen molar-refractivity contribution in [1.82, 2.24) is 20.2 Å². The van der Waals surface area contributed by atoms with Crippen LogP contribution in [0.1, 0.15) is 38.2 Å². The maximum absolute atomic E-state index is 5.78. The van der Waals surface area contributed by atoms with Gasteiger partial charge in [0.05, 0.1) is 12.1 Å². The molecule has 2 N–H and O–H groups in total. The lowest BCUT2D eigenvalue weighted by Gasteiger charge is -2.16. The maximum Gasteiger partial charge on any atom is 0.168 e. The summed E-state index contributed by atoms with van der Waals surface area (Å²) in [6.07, 6.45) is 3.10. The number of nitrogens with zero attached hydrogens (tertiary/aromatic N) is 4. The van der Waals surface area contributed by atoms with Gasteiger partial charge in [-0.05, 0) is 30.0 Å². The van der Waals surface area contributed by atoms with Gasteiger partial charge in [-0.15, -0.1) is 5.10 Å². The Balaban J connectivity index is 2.86. The number of hydrogen-bond acceptors (Lipinski definition) is 5. The van der Waals surface area contributed by atoms with Crippen LogP contribution in [0.25, 0.3) is 0 Å². The van der Waals surface area contributed by atoms with Crippen LogP contribution in [0.4, 0.5) is 0 Å². The summed E-state index contributed by atoms with van der Waals surface area (Å²) >= 11 is 1.80. The summed E-state index contributed by atoms with van der Waals surface area (Å²) < 4.78 is 1.85. The van der Waals surface area contributed by atoms with Crippen molar-refractivity contribution >= 4 is 11.8 Å². The summed E-state index contributed by atoms with van der Waals surface area (Å²) in [7, 11) is 0. The molecule has 2 atom stereocenters. The summed E-state index contributed by atoms with van der Waals surface area (Å²) in [5.74, 6) is 1.78. The SMILES string of the molecule is CCC(CSC)n1nnnc1C(C)N. The van der Waals surface area contributed by atoms with Crippen LogP contribution in [-0.2, 0) is 0 Å². The number of rotatable bonds is 5. The van der Waals surface area contributed by atoms with Gasteiger partial charge in [0.2, 0.25) is 0 Å². The van der Waals surface area contributed by atoms with Gasteiger partial charge in [-0.3, -0.25) is 0 Å². The summed E-state index contributed by atoms with van der Waals surface area (Å²) in [6, 6.07) is 0.238. The first-order valence-corrected chi connectivity index (χ1v) is 6.12. The Kier molecular flexibility index (Phi) is 4.34. The molecule has 0 saturated carbocycles. The Morgan fingerprint density at radius 3 is 2.79 bits per heavy atom. The molecule has 2 unspecified atom stereocenters. The average Bonchev–Trinajstić information content (AvgIpc) is 2.62. The molecule has 6 heteroatoms. The van der Waals surface area contributed by atoms with Gasteiger partial charge in [0, 0.05) is 5.75 Å². The van der Waals surface area contributed by atoms with Crippen LogP contribution in [0.2, 0.25) is 0 Å². The van der Waals surface area contributed by atoms with E-state index in [1.54, 1.807) is 11.8 Å². The van der Waals surface area contributed by atoms with Crippen molar-refractivity contribution < 1.29 is 0 Å². The Hall–Kier alpha value is -0.620. The van der Waals surface area contributed by atoms with Gasteiger partial charge >= 0.3 is 0 Å². The summed E-state index contributed by atoms with van der Waals surface area (Å²) in [5.41, 5.74) is 5.78. The van der Waals surface area contributed by atoms with Crippen LogP contribution in [0.3, 0.4) is 0 Å². The predicted molar refractivity (Wildman–Crippen MR) is 58.1 cm³/mol. The first kappa shape index (κ1) is 11.5. The van der Waals surface area contributed by atoms with Crippen molar-refractivity contribution in [3.63, 3.8) is 0 Å². The first-order chi connectivity index (χ1) is 6.70. The third kappa shape index (κ3) is 2.45. The van der Waals surface area contributed by atoms with Gasteiger partial charge in [0.25, 0.3) is 0 Å². The molecule has 0 fully saturated rings. The number of nitrogens with two attached hydrogens (primary N) is 1. The lowest BCUT2D eigenvalue weighted by Crippen LogP contribution is -2.20. The van der Waals surface area contributed by atoms with E-state index >= 15 is 0 Å². The predicted octanol–water partition coefficient (Wildman–Crippen LogP) is 1.01. The lowest BCUT2D eigenvalue weighted by molar-refractivity contribution is 0.444. The smallest absolute Gasteiger partial charge is 0.168 e. The second-order valence-corrected chi connectivity index (χ2v) is 4.20. The topological polar surface area (TPSA) is 69.6 Å². The molecule has 0 radical (unpaired) electrons. The fourth-order valence-corrected chi connectivity index (χ4v) is 2.08. The van der Waals surface area contributed by atoms with Crippen molar-refractivity contribution in [2.24, 2.45) is 5.73 Å². The highest BCUT2D eigenvalue weighted by Gasteiger charge is 2.17. The van der Waals surface area contributed by atoms with E-state index in [1.807, 2.05) is 11.6 Å². The molecule has 0 spiro atoms. The molecule has 1 aromatic heterocycles. The zero-order chi connectivity index (χ0) is 10.6. The van der Waals surface area contributed by atoms with Gasteiger partial charge < -0.3 is 5.73 Å². The van der Waals surface area contributed by atoms with E-state index in [4.69, 9.17) is 5.73 Å². The molecule has 0 aliphatic heterocycles. The number of hydrogen-bond donors (Lipinski definition) is 1. The second kappa shape index (κ2) is 5.31. The van der Waals surface area contributed by atoms with Crippen LogP contribution >= 0.6 is 11.8 Å². The number of thioether (sulfide) groups is 1. The molecule has 0 bridgehead atoms. The molecule has 0 saturated heterocycles. The van der Waals surface area contributed by atoms with E-state index in [0.29, 0.717) is 6.04 Å². The van der Waals surface area contributed by atoms with Crippen LogP contribution in [-0.4, -0.2) is 32.2 Å². The van der Waals surface area contributed by atoms with Crippen LogP contribution < -0.4 is 5.73 Å². The fraction of sp³-hybridized carbons (Fsp3) is 0.875. The van der Waals surface area contributed by atoms with Gasteiger partial charge in [-0.25, -0.2) is 4.68 Å². The van der Waals surface area contributed by atoms with E-state index in [0.717, 1.165) is 18.0 Å². The summed E-state index contributed by atoms with van der Waals surface area (Å²) in [5, 5.41) is 11.6. The van der Waals surface area contributed by atoms with Crippen molar-refractivity contribution in [3.8, 4) is 0 Å². The molecule has 5 nitrogen and oxygen atoms in total. The zero-order valence-corrected chi connectivity index (χ0v) is 9.66. The Morgan fingerprint density at radius 1 is 1.57 bits per heavy atom. The normalized spacial score (nSPS) is 15.4. The summed E-state index contributed by atoms with van der Waals surface area (Å²) in [4.78, 5) is 0. The third-order valence-corrected chi connectivity index (χ3v) is 2.82. The summed E-state index contributed by atoms with van der Waals surface area (Å²) in [6.45, 7) is 4.03. The van der Waals surface area contributed by atoms with Crippen molar-refractivity contribution in [2.45, 2.75) is 32.4 Å². The average molecular weight is 215 g/mol. The number of tetrazole rings is 1. The highest BCUT2D eigenvalue weighted by atomic mass is 32.2. The number of aromatic nitrogens is 4. The molecule has 0 aromatic carbocycles. The first-order valence-electron chi connectivity index (χ1n) is 4.73. The van der Waals surface area contributed by atoms with Gasteiger partial charge in [-0.2, -0.15) is 11.8 Å². The van der Waals surface area contributed by atoms with Crippen molar-refractivity contribution in [3.05, 3.63) is 5.82 Å². The highest BCUT2D eigenvalue weighted by Crippen LogP contribution is 2.18. The minimum absolute atomic E-state index is 0.110. The molecule has 1 heterocycles. The molecular formula is C8H17N5S. The van der Waals surface area contributed by atoms with E-state index in [9.17, 15) is 0 Å². The zero-order valence-electron chi connectivity index (χ0n) is 8.84. The second-order valence-electron chi connectivity index (χ2n) is 3.29. The minimum atomic E-state index is -0.110. The van der Waals surface area contributed by atoms with Gasteiger partial charge in [-0.1, -0.05) is 6.92 Å². The molecule has 0 amide bonds. The van der Waals surface area contributed by atoms with Gasteiger partial charge in [0.1, 0.15) is 0 Å². The Labute approximate surface area is 88.4 Å². The molecule has 1 rings (SSSR count).